The Morgan fingerprint density at radius 3 is 3.00 bits per heavy atom. The average Bonchev–Trinajstić information content (AvgIpc) is 3.18. The molecule has 2 aromatic rings. The third-order valence-corrected chi connectivity index (χ3v) is 5.33. The Balaban J connectivity index is 1.39. The van der Waals surface area contributed by atoms with Crippen LogP contribution in [0.1, 0.15) is 41.4 Å². The van der Waals surface area contributed by atoms with Gasteiger partial charge < -0.3 is 9.26 Å². The number of aromatic nitrogens is 3. The second-order valence-corrected chi connectivity index (χ2v) is 7.28. The van der Waals surface area contributed by atoms with Crippen molar-refractivity contribution in [2.24, 2.45) is 5.92 Å². The first kappa shape index (κ1) is 14.3. The van der Waals surface area contributed by atoms with E-state index in [1.54, 1.807) is 11.3 Å². The predicted octanol–water partition coefficient (Wildman–Crippen LogP) is 2.50. The lowest BCUT2D eigenvalue weighted by molar-refractivity contribution is -0.0191. The smallest absolute Gasteiger partial charge is 0.255 e. The molecule has 0 aliphatic carbocycles. The molecule has 3 atom stereocenters. The molecule has 2 aliphatic rings. The van der Waals surface area contributed by atoms with Crippen LogP contribution in [0.4, 0.5) is 0 Å². The van der Waals surface area contributed by atoms with E-state index in [-0.39, 0.29) is 12.2 Å². The lowest BCUT2D eigenvalue weighted by Crippen LogP contribution is -2.41. The maximum Gasteiger partial charge on any atom is 0.255 e. The fourth-order valence-corrected chi connectivity index (χ4v) is 4.05. The van der Waals surface area contributed by atoms with Gasteiger partial charge in [0.1, 0.15) is 6.10 Å². The molecule has 6 nitrogen and oxygen atoms in total. The standard InChI is InChI=1S/C15H20N4O2S/c1-9-16-15(21-18-9)13-5-11-3-4-19(7-14(11)20-13)6-12-8-22-10(2)17-12/h8,11,13-14H,3-7H2,1-2H3/t11-,13+,14+/m1/s1. The van der Waals surface area contributed by atoms with Crippen LogP contribution < -0.4 is 0 Å². The van der Waals surface area contributed by atoms with Gasteiger partial charge in [0.15, 0.2) is 5.82 Å². The van der Waals surface area contributed by atoms with Crippen LogP contribution in [0.25, 0.3) is 0 Å². The first-order valence-electron chi connectivity index (χ1n) is 7.76. The lowest BCUT2D eigenvalue weighted by atomic mass is 9.91. The summed E-state index contributed by atoms with van der Waals surface area (Å²) in [5.41, 5.74) is 1.17. The van der Waals surface area contributed by atoms with E-state index in [0.717, 1.165) is 37.5 Å². The Morgan fingerprint density at radius 1 is 1.36 bits per heavy atom. The summed E-state index contributed by atoms with van der Waals surface area (Å²) in [5.74, 6) is 1.91. The van der Waals surface area contributed by atoms with Gasteiger partial charge in [0.05, 0.1) is 16.8 Å². The van der Waals surface area contributed by atoms with Crippen molar-refractivity contribution < 1.29 is 9.26 Å². The van der Waals surface area contributed by atoms with Gasteiger partial charge in [0, 0.05) is 18.5 Å². The zero-order valence-corrected chi connectivity index (χ0v) is 13.7. The van der Waals surface area contributed by atoms with Crippen molar-refractivity contribution in [3.05, 3.63) is 27.8 Å². The highest BCUT2D eigenvalue weighted by Gasteiger charge is 2.41. The maximum atomic E-state index is 6.18. The minimum absolute atomic E-state index is 0.0299. The summed E-state index contributed by atoms with van der Waals surface area (Å²) in [5, 5.41) is 7.15. The number of ether oxygens (including phenoxy) is 1. The third kappa shape index (κ3) is 2.80. The summed E-state index contributed by atoms with van der Waals surface area (Å²) in [6.07, 6.45) is 2.40. The predicted molar refractivity (Wildman–Crippen MR) is 81.5 cm³/mol. The first-order chi connectivity index (χ1) is 10.7. The van der Waals surface area contributed by atoms with Crippen molar-refractivity contribution in [3.8, 4) is 0 Å². The van der Waals surface area contributed by atoms with Gasteiger partial charge in [-0.05, 0) is 39.2 Å². The Labute approximate surface area is 133 Å². The van der Waals surface area contributed by atoms with E-state index < -0.39 is 0 Å². The molecule has 0 amide bonds. The Bertz CT molecular complexity index is 656. The van der Waals surface area contributed by atoms with Gasteiger partial charge in [-0.3, -0.25) is 4.90 Å². The van der Waals surface area contributed by atoms with Crippen molar-refractivity contribution >= 4 is 11.3 Å². The molecule has 0 bridgehead atoms. The highest BCUT2D eigenvalue weighted by atomic mass is 32.1. The number of nitrogens with zero attached hydrogens (tertiary/aromatic N) is 4. The van der Waals surface area contributed by atoms with Crippen LogP contribution in [0.5, 0.6) is 0 Å². The zero-order valence-electron chi connectivity index (χ0n) is 12.9. The van der Waals surface area contributed by atoms with Crippen molar-refractivity contribution in [3.63, 3.8) is 0 Å². The normalized spacial score (nSPS) is 28.9. The molecule has 22 heavy (non-hydrogen) atoms. The van der Waals surface area contributed by atoms with E-state index in [1.807, 2.05) is 6.92 Å². The van der Waals surface area contributed by atoms with Crippen LogP contribution >= 0.6 is 11.3 Å². The van der Waals surface area contributed by atoms with Crippen LogP contribution in [-0.4, -0.2) is 39.2 Å². The molecule has 2 saturated heterocycles. The summed E-state index contributed by atoms with van der Waals surface area (Å²) >= 11 is 1.72. The number of hydrogen-bond acceptors (Lipinski definition) is 7. The van der Waals surface area contributed by atoms with Crippen LogP contribution in [0.2, 0.25) is 0 Å². The SMILES string of the molecule is Cc1noc([C@@H]2C[C@H]3CCN(Cc4csc(C)n4)C[C@@H]3O2)n1. The monoisotopic (exact) mass is 320 g/mol. The summed E-state index contributed by atoms with van der Waals surface area (Å²) in [7, 11) is 0. The molecule has 0 spiro atoms. The van der Waals surface area contributed by atoms with Gasteiger partial charge in [-0.25, -0.2) is 4.98 Å². The molecule has 4 heterocycles. The van der Waals surface area contributed by atoms with Crippen LogP contribution in [0, 0.1) is 19.8 Å². The molecule has 0 unspecified atom stereocenters. The largest absolute Gasteiger partial charge is 0.364 e. The number of likely N-dealkylation sites (tertiary alicyclic amines) is 1. The summed E-state index contributed by atoms with van der Waals surface area (Å²) < 4.78 is 11.5. The third-order valence-electron chi connectivity index (χ3n) is 4.51. The zero-order chi connectivity index (χ0) is 15.1. The number of aryl methyl sites for hydroxylation is 2. The quantitative estimate of drug-likeness (QED) is 0.866. The average molecular weight is 320 g/mol. The molecule has 2 aliphatic heterocycles. The molecular weight excluding hydrogens is 300 g/mol. The van der Waals surface area contributed by atoms with Crippen molar-refractivity contribution in [2.75, 3.05) is 13.1 Å². The summed E-state index contributed by atoms with van der Waals surface area (Å²) in [4.78, 5) is 11.3. The van der Waals surface area contributed by atoms with E-state index in [0.29, 0.717) is 17.6 Å². The fourth-order valence-electron chi connectivity index (χ4n) is 3.45. The molecule has 0 radical (unpaired) electrons. The number of thiazole rings is 1. The van der Waals surface area contributed by atoms with Gasteiger partial charge in [0.25, 0.3) is 5.89 Å². The van der Waals surface area contributed by atoms with Gasteiger partial charge in [0.2, 0.25) is 0 Å². The summed E-state index contributed by atoms with van der Waals surface area (Å²) in [6.45, 7) is 6.88. The lowest BCUT2D eigenvalue weighted by Gasteiger charge is -2.33. The molecule has 2 fully saturated rings. The Kier molecular flexibility index (Phi) is 3.71. The highest BCUT2D eigenvalue weighted by Crippen LogP contribution is 2.40. The first-order valence-corrected chi connectivity index (χ1v) is 8.64. The van der Waals surface area contributed by atoms with E-state index in [1.165, 1.54) is 5.69 Å². The van der Waals surface area contributed by atoms with E-state index in [4.69, 9.17) is 9.26 Å². The Hall–Kier alpha value is -1.31. The molecular formula is C15H20N4O2S. The fraction of sp³-hybridized carbons (Fsp3) is 0.667. The van der Waals surface area contributed by atoms with Crippen LogP contribution in [0.3, 0.4) is 0 Å². The van der Waals surface area contributed by atoms with Gasteiger partial charge in [-0.15, -0.1) is 11.3 Å². The van der Waals surface area contributed by atoms with E-state index >= 15 is 0 Å². The number of rotatable bonds is 3. The Morgan fingerprint density at radius 2 is 2.27 bits per heavy atom. The van der Waals surface area contributed by atoms with Crippen molar-refractivity contribution in [2.45, 2.75) is 45.4 Å². The highest BCUT2D eigenvalue weighted by molar-refractivity contribution is 7.09. The molecule has 118 valence electrons. The molecule has 0 saturated carbocycles. The van der Waals surface area contributed by atoms with Crippen molar-refractivity contribution in [1.82, 2.24) is 20.0 Å². The van der Waals surface area contributed by atoms with Gasteiger partial charge in [-0.2, -0.15) is 4.98 Å². The summed E-state index contributed by atoms with van der Waals surface area (Å²) in [6, 6.07) is 0. The molecule has 7 heteroatoms. The molecule has 0 N–H and O–H groups in total. The maximum absolute atomic E-state index is 6.18. The molecule has 2 aromatic heterocycles. The number of piperidine rings is 1. The minimum atomic E-state index is -0.0299. The van der Waals surface area contributed by atoms with E-state index in [2.05, 4.69) is 32.3 Å². The molecule has 0 aromatic carbocycles. The second-order valence-electron chi connectivity index (χ2n) is 6.22. The van der Waals surface area contributed by atoms with Gasteiger partial charge >= 0.3 is 0 Å². The second kappa shape index (κ2) is 5.72. The number of hydrogen-bond donors (Lipinski definition) is 0. The molecule has 4 rings (SSSR count). The van der Waals surface area contributed by atoms with Crippen LogP contribution in [0.15, 0.2) is 9.90 Å². The number of fused-ring (bicyclic) bond motifs is 1. The van der Waals surface area contributed by atoms with Gasteiger partial charge in [-0.1, -0.05) is 5.16 Å². The van der Waals surface area contributed by atoms with E-state index in [9.17, 15) is 0 Å². The van der Waals surface area contributed by atoms with Crippen molar-refractivity contribution in [1.29, 1.82) is 0 Å². The minimum Gasteiger partial charge on any atom is -0.364 e. The van der Waals surface area contributed by atoms with Crippen LogP contribution in [-0.2, 0) is 11.3 Å². The topological polar surface area (TPSA) is 64.3 Å².